The molecule has 1 unspecified atom stereocenters. The number of aryl methyl sites for hydroxylation is 1. The molecule has 0 aliphatic carbocycles. The van der Waals surface area contributed by atoms with Gasteiger partial charge in [-0.15, -0.1) is 0 Å². The molecule has 37 heavy (non-hydrogen) atoms. The Morgan fingerprint density at radius 2 is 1.51 bits per heavy atom. The molecule has 6 nitrogen and oxygen atoms in total. The molecule has 1 amide bonds. The summed E-state index contributed by atoms with van der Waals surface area (Å²) in [5.41, 5.74) is 8.39. The lowest BCUT2D eigenvalue weighted by molar-refractivity contribution is -0.123. The number of rotatable bonds is 11. The molecule has 0 aliphatic heterocycles. The second-order valence-corrected chi connectivity index (χ2v) is 10.9. The zero-order chi connectivity index (χ0) is 26.3. The van der Waals surface area contributed by atoms with Crippen LogP contribution in [0, 0.1) is 6.92 Å². The molecule has 0 radical (unpaired) electrons. The van der Waals surface area contributed by atoms with Gasteiger partial charge in [0.25, 0.3) is 0 Å². The molecule has 4 aromatic carbocycles. The second kappa shape index (κ2) is 12.1. The van der Waals surface area contributed by atoms with Gasteiger partial charge in [0.2, 0.25) is 15.9 Å². The van der Waals surface area contributed by atoms with E-state index in [1.54, 1.807) is 19.1 Å². The number of amides is 1. The van der Waals surface area contributed by atoms with E-state index in [0.717, 1.165) is 21.9 Å². The predicted molar refractivity (Wildman–Crippen MR) is 149 cm³/mol. The highest BCUT2D eigenvalue weighted by atomic mass is 32.2. The zero-order valence-corrected chi connectivity index (χ0v) is 21.7. The molecule has 7 heteroatoms. The van der Waals surface area contributed by atoms with Crippen molar-refractivity contribution < 1.29 is 13.2 Å². The highest BCUT2D eigenvalue weighted by Gasteiger charge is 2.28. The van der Waals surface area contributed by atoms with Crippen molar-refractivity contribution in [3.8, 4) is 0 Å². The third kappa shape index (κ3) is 6.63. The smallest absolute Gasteiger partial charge is 0.241 e. The summed E-state index contributed by atoms with van der Waals surface area (Å²) in [5, 5.41) is 4.92. The van der Waals surface area contributed by atoms with Crippen molar-refractivity contribution in [1.29, 1.82) is 0 Å². The normalized spacial score (nSPS) is 13.2. The average Bonchev–Trinajstić information content (AvgIpc) is 2.92. The van der Waals surface area contributed by atoms with Gasteiger partial charge in [0, 0.05) is 0 Å². The van der Waals surface area contributed by atoms with E-state index in [0.29, 0.717) is 31.4 Å². The lowest BCUT2D eigenvalue weighted by atomic mass is 9.98. The minimum absolute atomic E-state index is 0.167. The van der Waals surface area contributed by atoms with Gasteiger partial charge in [-0.2, -0.15) is 4.72 Å². The largest absolute Gasteiger partial charge is 0.348 e. The molecule has 4 N–H and O–H groups in total. The number of nitrogens with one attached hydrogen (secondary N) is 2. The fourth-order valence-corrected chi connectivity index (χ4v) is 6.06. The first-order valence-corrected chi connectivity index (χ1v) is 14.0. The Morgan fingerprint density at radius 3 is 2.22 bits per heavy atom. The SMILES string of the molecule is Cc1c(S(=O)(=O)N[C@@H](CCCN)C(=O)NC(Cc2ccccc2)c2ccccc2)ccc2ccccc12. The summed E-state index contributed by atoms with van der Waals surface area (Å²) < 4.78 is 29.7. The maximum absolute atomic E-state index is 13.6. The quantitative estimate of drug-likeness (QED) is 0.271. The van der Waals surface area contributed by atoms with Gasteiger partial charge in [-0.05, 0) is 66.3 Å². The van der Waals surface area contributed by atoms with E-state index in [1.165, 1.54) is 0 Å². The van der Waals surface area contributed by atoms with Crippen molar-refractivity contribution in [1.82, 2.24) is 10.0 Å². The van der Waals surface area contributed by atoms with E-state index in [4.69, 9.17) is 5.73 Å². The van der Waals surface area contributed by atoms with Crippen LogP contribution in [-0.2, 0) is 21.2 Å². The highest BCUT2D eigenvalue weighted by Crippen LogP contribution is 2.25. The van der Waals surface area contributed by atoms with E-state index in [2.05, 4.69) is 10.0 Å². The summed E-state index contributed by atoms with van der Waals surface area (Å²) >= 11 is 0. The van der Waals surface area contributed by atoms with Crippen LogP contribution in [0.4, 0.5) is 0 Å². The molecule has 4 aromatic rings. The Kier molecular flexibility index (Phi) is 8.71. The Bertz CT molecular complexity index is 1440. The predicted octanol–water partition coefficient (Wildman–Crippen LogP) is 4.63. The summed E-state index contributed by atoms with van der Waals surface area (Å²) in [6.45, 7) is 2.14. The van der Waals surface area contributed by atoms with Crippen molar-refractivity contribution >= 4 is 26.7 Å². The number of sulfonamides is 1. The number of nitrogens with two attached hydrogens (primary N) is 1. The van der Waals surface area contributed by atoms with Gasteiger partial charge in [-0.25, -0.2) is 8.42 Å². The zero-order valence-electron chi connectivity index (χ0n) is 20.9. The number of carbonyl (C=O) groups is 1. The van der Waals surface area contributed by atoms with Crippen LogP contribution in [0.1, 0.15) is 35.6 Å². The summed E-state index contributed by atoms with van der Waals surface area (Å²) in [6, 6.07) is 29.4. The van der Waals surface area contributed by atoms with Gasteiger partial charge in [0.15, 0.2) is 0 Å². The summed E-state index contributed by atoms with van der Waals surface area (Å²) in [6.07, 6.45) is 1.38. The minimum atomic E-state index is -3.97. The first-order chi connectivity index (χ1) is 17.9. The molecular weight excluding hydrogens is 482 g/mol. The van der Waals surface area contributed by atoms with Crippen molar-refractivity contribution in [3.63, 3.8) is 0 Å². The number of fused-ring (bicyclic) bond motifs is 1. The fourth-order valence-electron chi connectivity index (χ4n) is 4.57. The molecular formula is C30H33N3O3S. The number of hydrogen-bond acceptors (Lipinski definition) is 4. The molecule has 0 aliphatic rings. The van der Waals surface area contributed by atoms with E-state index in [9.17, 15) is 13.2 Å². The number of carbonyl (C=O) groups excluding carboxylic acids is 1. The Balaban J connectivity index is 1.60. The Morgan fingerprint density at radius 1 is 0.865 bits per heavy atom. The van der Waals surface area contributed by atoms with Crippen LogP contribution in [0.25, 0.3) is 10.8 Å². The summed E-state index contributed by atoms with van der Waals surface area (Å²) in [4.78, 5) is 13.7. The standard InChI is InChI=1S/C30H33N3O3S/c1-22-26-16-9-8-13-24(26)18-19-29(22)37(35,36)33-27(17-10-20-31)30(34)32-28(25-14-6-3-7-15-25)21-23-11-4-2-5-12-23/h2-9,11-16,18-19,27-28,33H,10,17,20-21,31H2,1H3,(H,32,34)/t27-,28?/m0/s1. The van der Waals surface area contributed by atoms with Gasteiger partial charge >= 0.3 is 0 Å². The van der Waals surface area contributed by atoms with E-state index >= 15 is 0 Å². The minimum Gasteiger partial charge on any atom is -0.348 e. The Hall–Kier alpha value is -3.52. The third-order valence-corrected chi connectivity index (χ3v) is 8.17. The van der Waals surface area contributed by atoms with Crippen LogP contribution in [0.15, 0.2) is 102 Å². The van der Waals surface area contributed by atoms with Crippen molar-refractivity contribution in [2.24, 2.45) is 5.73 Å². The first-order valence-electron chi connectivity index (χ1n) is 12.5. The van der Waals surface area contributed by atoms with E-state index in [-0.39, 0.29) is 16.8 Å². The average molecular weight is 516 g/mol. The molecule has 2 atom stereocenters. The molecule has 4 rings (SSSR count). The fraction of sp³-hybridized carbons (Fsp3) is 0.233. The van der Waals surface area contributed by atoms with Gasteiger partial charge in [-0.3, -0.25) is 4.79 Å². The summed E-state index contributed by atoms with van der Waals surface area (Å²) in [7, 11) is -3.97. The topological polar surface area (TPSA) is 101 Å². The first kappa shape index (κ1) is 26.5. The van der Waals surface area contributed by atoms with Gasteiger partial charge < -0.3 is 11.1 Å². The van der Waals surface area contributed by atoms with Gasteiger partial charge in [-0.1, -0.05) is 91.0 Å². The van der Waals surface area contributed by atoms with Crippen LogP contribution in [0.5, 0.6) is 0 Å². The molecule has 0 fully saturated rings. The van der Waals surface area contributed by atoms with Crippen molar-refractivity contribution in [2.45, 2.75) is 43.2 Å². The number of hydrogen-bond donors (Lipinski definition) is 3. The second-order valence-electron chi connectivity index (χ2n) is 9.18. The number of benzene rings is 4. The van der Waals surface area contributed by atoms with Crippen molar-refractivity contribution in [3.05, 3.63) is 114 Å². The van der Waals surface area contributed by atoms with Crippen LogP contribution < -0.4 is 15.8 Å². The highest BCUT2D eigenvalue weighted by molar-refractivity contribution is 7.89. The molecule has 192 valence electrons. The van der Waals surface area contributed by atoms with E-state index in [1.807, 2.05) is 84.9 Å². The van der Waals surface area contributed by atoms with Gasteiger partial charge in [0.05, 0.1) is 10.9 Å². The monoisotopic (exact) mass is 515 g/mol. The van der Waals surface area contributed by atoms with Crippen LogP contribution in [0.2, 0.25) is 0 Å². The molecule has 0 aromatic heterocycles. The molecule has 0 bridgehead atoms. The van der Waals surface area contributed by atoms with Crippen LogP contribution in [-0.4, -0.2) is 26.9 Å². The maximum Gasteiger partial charge on any atom is 0.241 e. The van der Waals surface area contributed by atoms with Crippen LogP contribution >= 0.6 is 0 Å². The van der Waals surface area contributed by atoms with Crippen molar-refractivity contribution in [2.75, 3.05) is 6.54 Å². The lowest BCUT2D eigenvalue weighted by Gasteiger charge is -2.24. The summed E-state index contributed by atoms with van der Waals surface area (Å²) in [5.74, 6) is -0.375. The lowest BCUT2D eigenvalue weighted by Crippen LogP contribution is -2.48. The Labute approximate surface area is 219 Å². The van der Waals surface area contributed by atoms with E-state index < -0.39 is 16.1 Å². The molecule has 0 saturated carbocycles. The van der Waals surface area contributed by atoms with Crippen LogP contribution in [0.3, 0.4) is 0 Å². The third-order valence-electron chi connectivity index (χ3n) is 6.55. The van der Waals surface area contributed by atoms with Gasteiger partial charge in [0.1, 0.15) is 6.04 Å². The molecule has 0 heterocycles. The molecule has 0 saturated heterocycles. The maximum atomic E-state index is 13.6. The molecule has 0 spiro atoms.